The van der Waals surface area contributed by atoms with E-state index in [0.29, 0.717) is 10.7 Å². The van der Waals surface area contributed by atoms with Gasteiger partial charge in [-0.1, -0.05) is 11.6 Å². The van der Waals surface area contributed by atoms with Crippen molar-refractivity contribution in [2.75, 3.05) is 5.32 Å². The lowest BCUT2D eigenvalue weighted by molar-refractivity contribution is -0.116. The number of aromatic nitrogens is 3. The van der Waals surface area contributed by atoms with Gasteiger partial charge in [-0.2, -0.15) is 5.10 Å². The van der Waals surface area contributed by atoms with Crippen LogP contribution in [0.1, 0.15) is 5.69 Å². The van der Waals surface area contributed by atoms with Gasteiger partial charge in [0.2, 0.25) is 5.91 Å². The van der Waals surface area contributed by atoms with Gasteiger partial charge in [-0.15, -0.1) is 0 Å². The first-order valence-corrected chi connectivity index (χ1v) is 5.42. The average molecular weight is 251 g/mol. The van der Waals surface area contributed by atoms with E-state index in [9.17, 15) is 4.79 Å². The molecule has 6 heteroatoms. The van der Waals surface area contributed by atoms with E-state index in [0.717, 1.165) is 5.69 Å². The molecule has 1 N–H and O–H groups in total. The number of hydrogen-bond donors (Lipinski definition) is 1. The summed E-state index contributed by atoms with van der Waals surface area (Å²) in [4.78, 5) is 15.6. The first-order chi connectivity index (χ1) is 8.16. The predicted octanol–water partition coefficient (Wildman–Crippen LogP) is 1.88. The van der Waals surface area contributed by atoms with Crippen LogP contribution >= 0.6 is 11.6 Å². The van der Waals surface area contributed by atoms with Gasteiger partial charge >= 0.3 is 0 Å². The van der Waals surface area contributed by atoms with Crippen molar-refractivity contribution < 1.29 is 4.79 Å². The van der Waals surface area contributed by atoms with E-state index in [-0.39, 0.29) is 12.5 Å². The molecule has 2 aromatic rings. The number of nitrogens with one attached hydrogen (secondary N) is 1. The van der Waals surface area contributed by atoms with Crippen LogP contribution in [0.3, 0.4) is 0 Å². The Morgan fingerprint density at radius 1 is 1.47 bits per heavy atom. The number of hydrogen-bond acceptors (Lipinski definition) is 3. The molecule has 0 saturated heterocycles. The normalized spacial score (nSPS) is 10.2. The molecule has 2 aromatic heterocycles. The number of anilines is 1. The predicted molar refractivity (Wildman–Crippen MR) is 64.8 cm³/mol. The second-order valence-electron chi connectivity index (χ2n) is 3.52. The van der Waals surface area contributed by atoms with Gasteiger partial charge in [0.05, 0.1) is 16.9 Å². The van der Waals surface area contributed by atoms with E-state index in [4.69, 9.17) is 11.6 Å². The van der Waals surface area contributed by atoms with Crippen LogP contribution < -0.4 is 5.32 Å². The molecule has 0 aromatic carbocycles. The molecule has 0 unspecified atom stereocenters. The molecule has 2 heterocycles. The molecule has 0 atom stereocenters. The minimum atomic E-state index is -0.154. The third-order valence-corrected chi connectivity index (χ3v) is 2.67. The summed E-state index contributed by atoms with van der Waals surface area (Å²) in [5, 5.41) is 7.31. The van der Waals surface area contributed by atoms with Crippen LogP contribution in [0.5, 0.6) is 0 Å². The van der Waals surface area contributed by atoms with Crippen molar-refractivity contribution in [3.63, 3.8) is 0 Å². The largest absolute Gasteiger partial charge is 0.324 e. The number of carbonyl (C=O) groups excluding carboxylic acids is 1. The molecule has 0 bridgehead atoms. The minimum absolute atomic E-state index is 0.140. The SMILES string of the molecule is Cc1c(Cl)cnn1CC(=O)Nc1ccncc1. The summed E-state index contributed by atoms with van der Waals surface area (Å²) < 4.78 is 1.55. The zero-order valence-corrected chi connectivity index (χ0v) is 9.98. The maximum Gasteiger partial charge on any atom is 0.246 e. The Labute approximate surface area is 103 Å². The maximum atomic E-state index is 11.7. The number of rotatable bonds is 3. The molecule has 0 aliphatic heterocycles. The van der Waals surface area contributed by atoms with Crippen molar-refractivity contribution in [3.05, 3.63) is 41.4 Å². The Hall–Kier alpha value is -1.88. The van der Waals surface area contributed by atoms with Crippen molar-refractivity contribution in [2.45, 2.75) is 13.5 Å². The van der Waals surface area contributed by atoms with E-state index in [1.54, 1.807) is 29.2 Å². The van der Waals surface area contributed by atoms with Gasteiger partial charge in [0.25, 0.3) is 0 Å². The van der Waals surface area contributed by atoms with Crippen molar-refractivity contribution in [1.82, 2.24) is 14.8 Å². The van der Waals surface area contributed by atoms with E-state index in [1.807, 2.05) is 6.92 Å². The fourth-order valence-electron chi connectivity index (χ4n) is 1.35. The summed E-state index contributed by atoms with van der Waals surface area (Å²) in [6.07, 6.45) is 4.76. The summed E-state index contributed by atoms with van der Waals surface area (Å²) in [7, 11) is 0. The smallest absolute Gasteiger partial charge is 0.246 e. The molecule has 17 heavy (non-hydrogen) atoms. The molecule has 0 aliphatic carbocycles. The number of halogens is 1. The minimum Gasteiger partial charge on any atom is -0.324 e. The second-order valence-corrected chi connectivity index (χ2v) is 3.93. The van der Waals surface area contributed by atoms with Crippen molar-refractivity contribution in [3.8, 4) is 0 Å². The summed E-state index contributed by atoms with van der Waals surface area (Å²) in [5.74, 6) is -0.154. The summed E-state index contributed by atoms with van der Waals surface area (Å²) in [6.45, 7) is 1.95. The number of pyridine rings is 1. The molecular weight excluding hydrogens is 240 g/mol. The third kappa shape index (κ3) is 2.82. The highest BCUT2D eigenvalue weighted by atomic mass is 35.5. The molecule has 88 valence electrons. The van der Waals surface area contributed by atoms with Gasteiger partial charge in [-0.3, -0.25) is 14.5 Å². The zero-order chi connectivity index (χ0) is 12.3. The quantitative estimate of drug-likeness (QED) is 0.905. The van der Waals surface area contributed by atoms with Crippen LogP contribution in [0.15, 0.2) is 30.7 Å². The first kappa shape index (κ1) is 11.6. The lowest BCUT2D eigenvalue weighted by Gasteiger charge is -2.06. The van der Waals surface area contributed by atoms with Gasteiger partial charge in [-0.25, -0.2) is 0 Å². The van der Waals surface area contributed by atoms with Crippen LogP contribution in [0.2, 0.25) is 5.02 Å². The first-order valence-electron chi connectivity index (χ1n) is 5.04. The Balaban J connectivity index is 2.01. The van der Waals surface area contributed by atoms with Gasteiger partial charge in [0.15, 0.2) is 0 Å². The second kappa shape index (κ2) is 4.97. The number of carbonyl (C=O) groups is 1. The van der Waals surface area contributed by atoms with Crippen molar-refractivity contribution in [1.29, 1.82) is 0 Å². The van der Waals surface area contributed by atoms with Crippen LogP contribution in [0.4, 0.5) is 5.69 Å². The highest BCUT2D eigenvalue weighted by molar-refractivity contribution is 6.31. The molecule has 2 rings (SSSR count). The zero-order valence-electron chi connectivity index (χ0n) is 9.22. The fourth-order valence-corrected chi connectivity index (χ4v) is 1.50. The molecule has 0 fully saturated rings. The fraction of sp³-hybridized carbons (Fsp3) is 0.182. The molecule has 0 aliphatic rings. The van der Waals surface area contributed by atoms with Gasteiger partial charge in [0.1, 0.15) is 6.54 Å². The van der Waals surface area contributed by atoms with E-state index in [1.165, 1.54) is 6.20 Å². The molecular formula is C11H11ClN4O. The highest BCUT2D eigenvalue weighted by Crippen LogP contribution is 2.13. The average Bonchev–Trinajstić information content (AvgIpc) is 2.62. The highest BCUT2D eigenvalue weighted by Gasteiger charge is 2.08. The van der Waals surface area contributed by atoms with Gasteiger partial charge < -0.3 is 5.32 Å². The van der Waals surface area contributed by atoms with Crippen LogP contribution in [-0.4, -0.2) is 20.7 Å². The monoisotopic (exact) mass is 250 g/mol. The molecule has 5 nitrogen and oxygen atoms in total. The summed E-state index contributed by atoms with van der Waals surface area (Å²) >= 11 is 5.85. The van der Waals surface area contributed by atoms with Crippen LogP contribution in [0.25, 0.3) is 0 Å². The molecule has 0 spiro atoms. The Bertz CT molecular complexity index is 524. The summed E-state index contributed by atoms with van der Waals surface area (Å²) in [6, 6.07) is 3.45. The topological polar surface area (TPSA) is 59.8 Å². The van der Waals surface area contributed by atoms with E-state index in [2.05, 4.69) is 15.4 Å². The molecule has 0 saturated carbocycles. The van der Waals surface area contributed by atoms with Gasteiger partial charge in [-0.05, 0) is 19.1 Å². The van der Waals surface area contributed by atoms with Gasteiger partial charge in [0, 0.05) is 18.1 Å². The molecule has 1 amide bonds. The lowest BCUT2D eigenvalue weighted by atomic mass is 10.4. The van der Waals surface area contributed by atoms with Crippen molar-refractivity contribution in [2.24, 2.45) is 0 Å². The standard InChI is InChI=1S/C11H11ClN4O/c1-8-10(12)6-14-16(8)7-11(17)15-9-2-4-13-5-3-9/h2-6H,7H2,1H3,(H,13,15,17). The van der Waals surface area contributed by atoms with E-state index >= 15 is 0 Å². The summed E-state index contributed by atoms with van der Waals surface area (Å²) in [5.41, 5.74) is 1.48. The Morgan fingerprint density at radius 3 is 2.76 bits per heavy atom. The van der Waals surface area contributed by atoms with E-state index < -0.39 is 0 Å². The number of nitrogens with zero attached hydrogens (tertiary/aromatic N) is 3. The van der Waals surface area contributed by atoms with Crippen molar-refractivity contribution >= 4 is 23.2 Å². The lowest BCUT2D eigenvalue weighted by Crippen LogP contribution is -2.20. The Kier molecular flexibility index (Phi) is 3.39. The van der Waals surface area contributed by atoms with Crippen LogP contribution in [-0.2, 0) is 11.3 Å². The van der Waals surface area contributed by atoms with Crippen LogP contribution in [0, 0.1) is 6.92 Å². The third-order valence-electron chi connectivity index (χ3n) is 2.30. The molecule has 0 radical (unpaired) electrons. The Morgan fingerprint density at radius 2 is 2.18 bits per heavy atom. The maximum absolute atomic E-state index is 11.7. The number of amides is 1.